The lowest BCUT2D eigenvalue weighted by Crippen LogP contribution is -2.60. The van der Waals surface area contributed by atoms with Crippen LogP contribution in [-0.2, 0) is 4.79 Å². The van der Waals surface area contributed by atoms with Crippen molar-refractivity contribution in [3.8, 4) is 0 Å². The van der Waals surface area contributed by atoms with Gasteiger partial charge in [0.15, 0.2) is 6.29 Å². The Morgan fingerprint density at radius 3 is 2.52 bits per heavy atom. The summed E-state index contributed by atoms with van der Waals surface area (Å²) in [5.74, 6) is 0.530. The van der Waals surface area contributed by atoms with Crippen LogP contribution in [0.25, 0.3) is 0 Å². The molecule has 2 aliphatic carbocycles. The van der Waals surface area contributed by atoms with Gasteiger partial charge in [0.05, 0.1) is 0 Å². The Kier molecular flexibility index (Phi) is 6.61. The third-order valence-corrected chi connectivity index (χ3v) is 5.79. The van der Waals surface area contributed by atoms with Crippen molar-refractivity contribution >= 4 is 6.29 Å². The Morgan fingerprint density at radius 2 is 1.95 bits per heavy atom. The average Bonchev–Trinajstić information content (AvgIpc) is 2.51. The minimum absolute atomic E-state index is 0.0173. The number of carbonyl (C=O) groups is 1. The molecule has 2 aliphatic rings. The lowest BCUT2D eigenvalue weighted by molar-refractivity contribution is -0.191. The number of aliphatic hydroxyl groups excluding tert-OH is 1. The summed E-state index contributed by atoms with van der Waals surface area (Å²) in [7, 11) is 0. The number of hydrogen-bond acceptors (Lipinski definition) is 3. The van der Waals surface area contributed by atoms with Crippen molar-refractivity contribution in [3.63, 3.8) is 0 Å². The zero-order valence-corrected chi connectivity index (χ0v) is 13.8. The van der Waals surface area contributed by atoms with E-state index >= 15 is 0 Å². The Balaban J connectivity index is 0.00000106. The van der Waals surface area contributed by atoms with Crippen molar-refractivity contribution in [2.75, 3.05) is 0 Å². The molecule has 0 aliphatic heterocycles. The number of allylic oxidation sites excluding steroid dienone is 1. The van der Waals surface area contributed by atoms with Crippen LogP contribution in [0.4, 0.5) is 0 Å². The average molecular weight is 296 g/mol. The first kappa shape index (κ1) is 18.4. The quantitative estimate of drug-likeness (QED) is 0.617. The monoisotopic (exact) mass is 296 g/mol. The maximum Gasteiger partial charge on any atom is 0.151 e. The summed E-state index contributed by atoms with van der Waals surface area (Å²) >= 11 is 0. The molecular formula is C18H32O3. The van der Waals surface area contributed by atoms with Gasteiger partial charge in [0.2, 0.25) is 0 Å². The van der Waals surface area contributed by atoms with Crippen LogP contribution in [0.5, 0.6) is 0 Å². The van der Waals surface area contributed by atoms with E-state index in [0.717, 1.165) is 12.8 Å². The maximum atomic E-state index is 11.0. The summed E-state index contributed by atoms with van der Waals surface area (Å²) in [6.45, 7) is 10.0. The van der Waals surface area contributed by atoms with E-state index < -0.39 is 11.7 Å². The molecule has 0 bridgehead atoms. The smallest absolute Gasteiger partial charge is 0.151 e. The van der Waals surface area contributed by atoms with Gasteiger partial charge in [0.25, 0.3) is 0 Å². The summed E-state index contributed by atoms with van der Waals surface area (Å²) in [6.07, 6.45) is 7.83. The summed E-state index contributed by atoms with van der Waals surface area (Å²) in [6, 6.07) is 0. The summed E-state index contributed by atoms with van der Waals surface area (Å²) in [4.78, 5) is 11.0. The molecule has 21 heavy (non-hydrogen) atoms. The van der Waals surface area contributed by atoms with E-state index in [2.05, 4.69) is 13.5 Å². The molecule has 122 valence electrons. The van der Waals surface area contributed by atoms with E-state index in [4.69, 9.17) is 0 Å². The third-order valence-electron chi connectivity index (χ3n) is 5.79. The van der Waals surface area contributed by atoms with Crippen molar-refractivity contribution in [2.45, 2.75) is 77.4 Å². The second-order valence-corrected chi connectivity index (χ2v) is 6.64. The van der Waals surface area contributed by atoms with Gasteiger partial charge in [0, 0.05) is 0 Å². The number of fused-ring (bicyclic) bond motifs is 1. The van der Waals surface area contributed by atoms with Gasteiger partial charge in [-0.3, -0.25) is 0 Å². The van der Waals surface area contributed by atoms with Crippen molar-refractivity contribution in [1.29, 1.82) is 0 Å². The molecular weight excluding hydrogens is 264 g/mol. The molecule has 5 atom stereocenters. The van der Waals surface area contributed by atoms with Crippen LogP contribution in [-0.4, -0.2) is 28.2 Å². The minimum atomic E-state index is -1.28. The number of aliphatic hydroxyl groups is 2. The fourth-order valence-corrected chi connectivity index (χ4v) is 4.63. The molecule has 0 saturated heterocycles. The van der Waals surface area contributed by atoms with Crippen LogP contribution in [0, 0.1) is 17.3 Å². The largest absolute Gasteiger partial charge is 0.386 e. The Labute approximate surface area is 129 Å². The lowest BCUT2D eigenvalue weighted by atomic mass is 9.49. The van der Waals surface area contributed by atoms with E-state index in [1.807, 2.05) is 19.9 Å². The molecule has 2 fully saturated rings. The first-order valence-electron chi connectivity index (χ1n) is 8.45. The van der Waals surface area contributed by atoms with Gasteiger partial charge in [-0.05, 0) is 49.4 Å². The molecule has 3 nitrogen and oxygen atoms in total. The Morgan fingerprint density at radius 1 is 1.29 bits per heavy atom. The topological polar surface area (TPSA) is 57.5 Å². The van der Waals surface area contributed by atoms with E-state index in [9.17, 15) is 15.0 Å². The van der Waals surface area contributed by atoms with Gasteiger partial charge in [0.1, 0.15) is 11.7 Å². The van der Waals surface area contributed by atoms with Crippen molar-refractivity contribution in [1.82, 2.24) is 0 Å². The molecule has 0 heterocycles. The highest BCUT2D eigenvalue weighted by molar-refractivity contribution is 5.58. The predicted molar refractivity (Wildman–Crippen MR) is 86.0 cm³/mol. The second-order valence-electron chi connectivity index (χ2n) is 6.64. The second kappa shape index (κ2) is 7.55. The van der Waals surface area contributed by atoms with Crippen molar-refractivity contribution < 1.29 is 15.0 Å². The molecule has 0 aromatic rings. The third kappa shape index (κ3) is 3.24. The van der Waals surface area contributed by atoms with E-state index in [1.54, 1.807) is 0 Å². The van der Waals surface area contributed by atoms with Gasteiger partial charge >= 0.3 is 0 Å². The van der Waals surface area contributed by atoms with Gasteiger partial charge < -0.3 is 15.0 Å². The van der Waals surface area contributed by atoms with Crippen LogP contribution < -0.4 is 0 Å². The maximum absolute atomic E-state index is 11.0. The SMILES string of the molecule is C=CCC1C2(C)CCCCC2CCC1(O)C(O)C=O.CC. The van der Waals surface area contributed by atoms with Gasteiger partial charge in [-0.1, -0.05) is 39.7 Å². The van der Waals surface area contributed by atoms with Crippen molar-refractivity contribution in [2.24, 2.45) is 17.3 Å². The van der Waals surface area contributed by atoms with Gasteiger partial charge in [-0.25, -0.2) is 0 Å². The van der Waals surface area contributed by atoms with Crippen LogP contribution >= 0.6 is 0 Å². The molecule has 2 saturated carbocycles. The number of rotatable bonds is 4. The van der Waals surface area contributed by atoms with Crippen LogP contribution in [0.1, 0.15) is 65.7 Å². The van der Waals surface area contributed by atoms with Crippen LogP contribution in [0.15, 0.2) is 12.7 Å². The van der Waals surface area contributed by atoms with Crippen molar-refractivity contribution in [3.05, 3.63) is 12.7 Å². The first-order chi connectivity index (χ1) is 9.99. The number of carbonyl (C=O) groups excluding carboxylic acids is 1. The molecule has 0 aromatic carbocycles. The van der Waals surface area contributed by atoms with Crippen LogP contribution in [0.3, 0.4) is 0 Å². The Hall–Kier alpha value is -0.670. The summed E-state index contributed by atoms with van der Waals surface area (Å²) in [5.41, 5.74) is -1.26. The molecule has 0 radical (unpaired) electrons. The summed E-state index contributed by atoms with van der Waals surface area (Å²) < 4.78 is 0. The molecule has 0 amide bonds. The fourth-order valence-electron chi connectivity index (χ4n) is 4.63. The molecule has 2 N–H and O–H groups in total. The summed E-state index contributed by atoms with van der Waals surface area (Å²) in [5, 5.41) is 20.9. The van der Waals surface area contributed by atoms with E-state index in [1.165, 1.54) is 19.3 Å². The normalized spacial score (nSPS) is 40.2. The fraction of sp³-hybridized carbons (Fsp3) is 0.833. The highest BCUT2D eigenvalue weighted by Gasteiger charge is 2.57. The molecule has 3 heteroatoms. The zero-order valence-electron chi connectivity index (χ0n) is 13.8. The van der Waals surface area contributed by atoms with Crippen LogP contribution in [0.2, 0.25) is 0 Å². The van der Waals surface area contributed by atoms with E-state index in [0.29, 0.717) is 25.0 Å². The molecule has 0 aromatic heterocycles. The number of aldehydes is 1. The predicted octanol–water partition coefficient (Wildman–Crippen LogP) is 3.49. The van der Waals surface area contributed by atoms with Gasteiger partial charge in [-0.15, -0.1) is 6.58 Å². The van der Waals surface area contributed by atoms with Gasteiger partial charge in [-0.2, -0.15) is 0 Å². The zero-order chi connectivity index (χ0) is 16.1. The number of hydrogen-bond donors (Lipinski definition) is 2. The Bertz CT molecular complexity index is 354. The van der Waals surface area contributed by atoms with E-state index in [-0.39, 0.29) is 11.3 Å². The minimum Gasteiger partial charge on any atom is -0.386 e. The highest BCUT2D eigenvalue weighted by Crippen LogP contribution is 2.58. The standard InChI is InChI=1S/C16H26O3.C2H6/c1-3-6-13-15(2)9-5-4-7-12(15)8-10-16(13,19)14(18)11-17;1-2/h3,11-14,18-19H,1,4-10H2,2H3;1-2H3. The lowest BCUT2D eigenvalue weighted by Gasteiger charge is -2.57. The highest BCUT2D eigenvalue weighted by atomic mass is 16.3. The first-order valence-corrected chi connectivity index (χ1v) is 8.45. The molecule has 0 spiro atoms. The molecule has 2 rings (SSSR count). The molecule has 5 unspecified atom stereocenters.